The van der Waals surface area contributed by atoms with Crippen LogP contribution in [0.2, 0.25) is 0 Å². The van der Waals surface area contributed by atoms with E-state index in [1.165, 1.54) is 6.42 Å². The summed E-state index contributed by atoms with van der Waals surface area (Å²) < 4.78 is 9.70. The summed E-state index contributed by atoms with van der Waals surface area (Å²) >= 11 is 0. The first-order valence-corrected chi connectivity index (χ1v) is 3.36. The van der Waals surface area contributed by atoms with Gasteiger partial charge in [0.05, 0.1) is 20.3 Å². The second-order valence-electron chi connectivity index (χ2n) is 1.87. The Morgan fingerprint density at radius 3 is 2.56 bits per heavy atom. The molecule has 9 heavy (non-hydrogen) atoms. The Kier molecular flexibility index (Phi) is 7.85. The third kappa shape index (κ3) is 7.92. The third-order valence-electron chi connectivity index (χ3n) is 1.01. The highest BCUT2D eigenvalue weighted by Gasteiger charge is 1.84. The molecule has 2 heteroatoms. The van der Waals surface area contributed by atoms with Crippen molar-refractivity contribution in [3.05, 3.63) is 7.11 Å². The molecular formula is C7H15O2. The van der Waals surface area contributed by atoms with E-state index >= 15 is 0 Å². The summed E-state index contributed by atoms with van der Waals surface area (Å²) in [6.07, 6.45) is 2.32. The van der Waals surface area contributed by atoms with Crippen molar-refractivity contribution in [2.45, 2.75) is 19.8 Å². The van der Waals surface area contributed by atoms with Gasteiger partial charge in [0.25, 0.3) is 0 Å². The smallest absolute Gasteiger partial charge is 0.0701 e. The second-order valence-corrected chi connectivity index (χ2v) is 1.87. The topological polar surface area (TPSA) is 18.5 Å². The molecule has 0 rings (SSSR count). The average Bonchev–Trinajstić information content (AvgIpc) is 1.89. The predicted octanol–water partition coefficient (Wildman–Crippen LogP) is 1.61. The van der Waals surface area contributed by atoms with Crippen LogP contribution in [0.1, 0.15) is 19.8 Å². The van der Waals surface area contributed by atoms with Crippen LogP contribution in [0, 0.1) is 7.11 Å². The number of rotatable bonds is 6. The standard InChI is InChI=1S/C7H15O2/c1-3-4-5-9-7-6-8-2/h2-7H2,1H3. The largest absolute Gasteiger partial charge is 0.379 e. The molecule has 0 fully saturated rings. The quantitative estimate of drug-likeness (QED) is 0.510. The van der Waals surface area contributed by atoms with Gasteiger partial charge in [-0.25, -0.2) is 0 Å². The van der Waals surface area contributed by atoms with Crippen molar-refractivity contribution >= 4 is 0 Å². The molecule has 0 saturated carbocycles. The van der Waals surface area contributed by atoms with Gasteiger partial charge in [0.2, 0.25) is 0 Å². The highest BCUT2D eigenvalue weighted by atomic mass is 16.5. The first-order valence-electron chi connectivity index (χ1n) is 3.36. The molecule has 0 aliphatic rings. The second kappa shape index (κ2) is 7.92. The molecule has 0 heterocycles. The van der Waals surface area contributed by atoms with Crippen molar-refractivity contribution in [2.75, 3.05) is 19.8 Å². The molecule has 0 unspecified atom stereocenters. The lowest BCUT2D eigenvalue weighted by Gasteiger charge is -2.00. The van der Waals surface area contributed by atoms with Crippen LogP contribution in [0.15, 0.2) is 0 Å². The lowest BCUT2D eigenvalue weighted by Crippen LogP contribution is -2.01. The van der Waals surface area contributed by atoms with Gasteiger partial charge < -0.3 is 9.47 Å². The van der Waals surface area contributed by atoms with Gasteiger partial charge in [-0.1, -0.05) is 13.3 Å². The fourth-order valence-electron chi connectivity index (χ4n) is 0.466. The van der Waals surface area contributed by atoms with Crippen molar-refractivity contribution in [3.8, 4) is 0 Å². The molecule has 0 saturated heterocycles. The maximum Gasteiger partial charge on any atom is 0.0701 e. The van der Waals surface area contributed by atoms with E-state index in [0.717, 1.165) is 13.0 Å². The van der Waals surface area contributed by atoms with E-state index in [0.29, 0.717) is 13.2 Å². The molecule has 0 aromatic carbocycles. The fraction of sp³-hybridized carbons (Fsp3) is 0.857. The van der Waals surface area contributed by atoms with Crippen molar-refractivity contribution in [1.29, 1.82) is 0 Å². The van der Waals surface area contributed by atoms with Crippen LogP contribution < -0.4 is 0 Å². The molecule has 0 aliphatic heterocycles. The monoisotopic (exact) mass is 131 g/mol. The average molecular weight is 131 g/mol. The number of hydrogen-bond donors (Lipinski definition) is 0. The Bertz CT molecular complexity index is 40.2. The maximum atomic E-state index is 5.15. The Morgan fingerprint density at radius 2 is 2.00 bits per heavy atom. The Balaban J connectivity index is 2.60. The SMILES string of the molecule is [CH2]OCCOCCCC. The number of unbranched alkanes of at least 4 members (excludes halogenated alkanes) is 1. The maximum absolute atomic E-state index is 5.15. The minimum absolute atomic E-state index is 0.601. The summed E-state index contributed by atoms with van der Waals surface area (Å²) in [7, 11) is 3.22. The van der Waals surface area contributed by atoms with Crippen molar-refractivity contribution in [2.24, 2.45) is 0 Å². The van der Waals surface area contributed by atoms with Gasteiger partial charge in [0.15, 0.2) is 0 Å². The Labute approximate surface area is 57.2 Å². The van der Waals surface area contributed by atoms with Crippen LogP contribution in [-0.2, 0) is 9.47 Å². The van der Waals surface area contributed by atoms with Crippen LogP contribution in [0.5, 0.6) is 0 Å². The summed E-state index contributed by atoms with van der Waals surface area (Å²) in [4.78, 5) is 0. The molecule has 55 valence electrons. The summed E-state index contributed by atoms with van der Waals surface area (Å²) in [6.45, 7) is 4.26. The summed E-state index contributed by atoms with van der Waals surface area (Å²) in [5.74, 6) is 0. The van der Waals surface area contributed by atoms with Crippen molar-refractivity contribution in [1.82, 2.24) is 0 Å². The van der Waals surface area contributed by atoms with E-state index < -0.39 is 0 Å². The Morgan fingerprint density at radius 1 is 1.22 bits per heavy atom. The summed E-state index contributed by atoms with van der Waals surface area (Å²) in [6, 6.07) is 0. The zero-order valence-electron chi connectivity index (χ0n) is 6.06. The van der Waals surface area contributed by atoms with E-state index in [9.17, 15) is 0 Å². The van der Waals surface area contributed by atoms with E-state index in [1.807, 2.05) is 0 Å². The van der Waals surface area contributed by atoms with Gasteiger partial charge in [-0.15, -0.1) is 0 Å². The molecule has 0 aromatic rings. The zero-order valence-corrected chi connectivity index (χ0v) is 6.06. The lowest BCUT2D eigenvalue weighted by atomic mass is 10.4. The fourth-order valence-corrected chi connectivity index (χ4v) is 0.466. The third-order valence-corrected chi connectivity index (χ3v) is 1.01. The van der Waals surface area contributed by atoms with Gasteiger partial charge in [-0.2, -0.15) is 0 Å². The van der Waals surface area contributed by atoms with Crippen molar-refractivity contribution < 1.29 is 9.47 Å². The molecule has 0 aromatic heterocycles. The molecule has 0 spiro atoms. The molecule has 2 nitrogen and oxygen atoms in total. The summed E-state index contributed by atoms with van der Waals surface area (Å²) in [5.41, 5.74) is 0. The molecule has 0 aliphatic carbocycles. The van der Waals surface area contributed by atoms with Crippen molar-refractivity contribution in [3.63, 3.8) is 0 Å². The van der Waals surface area contributed by atoms with Gasteiger partial charge in [-0.05, 0) is 6.42 Å². The minimum Gasteiger partial charge on any atom is -0.379 e. The van der Waals surface area contributed by atoms with Gasteiger partial charge in [-0.3, -0.25) is 0 Å². The van der Waals surface area contributed by atoms with Crippen LogP contribution in [0.3, 0.4) is 0 Å². The molecule has 1 radical (unpaired) electrons. The lowest BCUT2D eigenvalue weighted by molar-refractivity contribution is 0.0812. The molecule has 0 amide bonds. The first-order chi connectivity index (χ1) is 4.41. The molecular weight excluding hydrogens is 116 g/mol. The molecule has 0 atom stereocenters. The van der Waals surface area contributed by atoms with Crippen LogP contribution in [-0.4, -0.2) is 19.8 Å². The van der Waals surface area contributed by atoms with E-state index in [1.54, 1.807) is 0 Å². The van der Waals surface area contributed by atoms with E-state index in [4.69, 9.17) is 4.74 Å². The van der Waals surface area contributed by atoms with Crippen LogP contribution >= 0.6 is 0 Å². The molecule has 0 N–H and O–H groups in total. The summed E-state index contributed by atoms with van der Waals surface area (Å²) in [5, 5.41) is 0. The normalized spacial score (nSPS) is 10.0. The minimum atomic E-state index is 0.601. The van der Waals surface area contributed by atoms with E-state index in [-0.39, 0.29) is 0 Å². The number of ether oxygens (including phenoxy) is 2. The van der Waals surface area contributed by atoms with Crippen LogP contribution in [0.25, 0.3) is 0 Å². The van der Waals surface area contributed by atoms with Crippen LogP contribution in [0.4, 0.5) is 0 Å². The van der Waals surface area contributed by atoms with Gasteiger partial charge in [0, 0.05) is 6.61 Å². The van der Waals surface area contributed by atoms with Gasteiger partial charge in [0.1, 0.15) is 0 Å². The predicted molar refractivity (Wildman–Crippen MR) is 37.0 cm³/mol. The highest BCUT2D eigenvalue weighted by molar-refractivity contribution is 4.32. The molecule has 0 bridgehead atoms. The van der Waals surface area contributed by atoms with E-state index in [2.05, 4.69) is 18.8 Å². The first kappa shape index (κ1) is 8.92. The number of hydrogen-bond acceptors (Lipinski definition) is 2. The Hall–Kier alpha value is -0.0800. The zero-order chi connectivity index (χ0) is 6.95. The highest BCUT2D eigenvalue weighted by Crippen LogP contribution is 1.86. The van der Waals surface area contributed by atoms with Gasteiger partial charge >= 0.3 is 0 Å².